The van der Waals surface area contributed by atoms with Crippen molar-refractivity contribution in [3.63, 3.8) is 0 Å². The van der Waals surface area contributed by atoms with Crippen molar-refractivity contribution in [1.82, 2.24) is 9.80 Å². The number of likely N-dealkylation sites (tertiary alicyclic amines) is 2. The fourth-order valence-corrected chi connectivity index (χ4v) is 3.38. The Morgan fingerprint density at radius 1 is 1.08 bits per heavy atom. The van der Waals surface area contributed by atoms with Gasteiger partial charge in [-0.3, -0.25) is 4.90 Å². The van der Waals surface area contributed by atoms with E-state index in [-0.39, 0.29) is 0 Å². The molecule has 13 heavy (non-hydrogen) atoms. The molecular formula is C11H20N2. The van der Waals surface area contributed by atoms with Crippen LogP contribution in [-0.4, -0.2) is 48.6 Å². The number of likely N-dealkylation sites (N-methyl/N-ethyl adjacent to an activating group) is 1. The maximum Gasteiger partial charge on any atom is 0.0266 e. The monoisotopic (exact) mass is 180 g/mol. The quantitative estimate of drug-likeness (QED) is 0.598. The van der Waals surface area contributed by atoms with E-state index < -0.39 is 0 Å². The van der Waals surface area contributed by atoms with Gasteiger partial charge in [0.25, 0.3) is 0 Å². The number of rotatable bonds is 1. The molecule has 2 saturated heterocycles. The topological polar surface area (TPSA) is 6.48 Å². The van der Waals surface area contributed by atoms with Gasteiger partial charge in [-0.2, -0.15) is 0 Å². The fourth-order valence-electron chi connectivity index (χ4n) is 3.38. The first-order valence-corrected chi connectivity index (χ1v) is 5.79. The average Bonchev–Trinajstić information content (AvgIpc) is 2.47. The van der Waals surface area contributed by atoms with Gasteiger partial charge in [-0.1, -0.05) is 6.42 Å². The molecule has 2 heteroatoms. The Balaban J connectivity index is 1.70. The van der Waals surface area contributed by atoms with Crippen LogP contribution < -0.4 is 0 Å². The molecule has 74 valence electrons. The molecule has 3 aliphatic rings. The molecule has 1 saturated carbocycles. The van der Waals surface area contributed by atoms with Crippen LogP contribution in [0.2, 0.25) is 0 Å². The molecule has 0 aromatic heterocycles. The zero-order valence-electron chi connectivity index (χ0n) is 8.58. The van der Waals surface area contributed by atoms with Crippen LogP contribution in [0, 0.1) is 5.92 Å². The Labute approximate surface area is 80.9 Å². The lowest BCUT2D eigenvalue weighted by Gasteiger charge is -2.38. The third kappa shape index (κ3) is 1.23. The van der Waals surface area contributed by atoms with Crippen LogP contribution >= 0.6 is 0 Å². The van der Waals surface area contributed by atoms with E-state index >= 15 is 0 Å². The second kappa shape index (κ2) is 2.96. The molecule has 2 atom stereocenters. The number of nitrogens with zero attached hydrogens (tertiary/aromatic N) is 2. The summed E-state index contributed by atoms with van der Waals surface area (Å²) in [6, 6.07) is 1.90. The molecule has 2 nitrogen and oxygen atoms in total. The van der Waals surface area contributed by atoms with Crippen molar-refractivity contribution >= 4 is 0 Å². The lowest BCUT2D eigenvalue weighted by atomic mass is 9.90. The Hall–Kier alpha value is -0.0800. The standard InChI is InChI=1S/C11H20N2/c1-12-7-9-5-6-13(11(9)8-12)10-3-2-4-10/h9-11H,2-8H2,1H3. The van der Waals surface area contributed by atoms with Gasteiger partial charge in [-0.15, -0.1) is 0 Å². The van der Waals surface area contributed by atoms with E-state index in [1.165, 1.54) is 45.3 Å². The summed E-state index contributed by atoms with van der Waals surface area (Å²) in [5.74, 6) is 1.01. The Bertz CT molecular complexity index is 200. The van der Waals surface area contributed by atoms with Gasteiger partial charge in [-0.05, 0) is 38.8 Å². The molecule has 0 radical (unpaired) electrons. The fraction of sp³-hybridized carbons (Fsp3) is 1.00. The summed E-state index contributed by atoms with van der Waals surface area (Å²) in [6.45, 7) is 4.09. The van der Waals surface area contributed by atoms with E-state index in [2.05, 4.69) is 16.8 Å². The van der Waals surface area contributed by atoms with E-state index in [0.29, 0.717) is 0 Å². The predicted octanol–water partition coefficient (Wildman–Crippen LogP) is 1.17. The van der Waals surface area contributed by atoms with Crippen LogP contribution in [0.5, 0.6) is 0 Å². The zero-order chi connectivity index (χ0) is 8.84. The van der Waals surface area contributed by atoms with Gasteiger partial charge < -0.3 is 4.90 Å². The number of fused-ring (bicyclic) bond motifs is 1. The van der Waals surface area contributed by atoms with Crippen LogP contribution in [-0.2, 0) is 0 Å². The second-order valence-corrected chi connectivity index (χ2v) is 5.16. The van der Waals surface area contributed by atoms with Crippen LogP contribution in [0.1, 0.15) is 25.7 Å². The third-order valence-electron chi connectivity index (χ3n) is 4.32. The van der Waals surface area contributed by atoms with E-state index in [0.717, 1.165) is 18.0 Å². The lowest BCUT2D eigenvalue weighted by Crippen LogP contribution is -2.45. The first-order valence-electron chi connectivity index (χ1n) is 5.79. The van der Waals surface area contributed by atoms with E-state index in [1.54, 1.807) is 0 Å². The van der Waals surface area contributed by atoms with Crippen molar-refractivity contribution in [3.8, 4) is 0 Å². The molecule has 0 spiro atoms. The lowest BCUT2D eigenvalue weighted by molar-refractivity contribution is 0.109. The Kier molecular flexibility index (Phi) is 1.88. The van der Waals surface area contributed by atoms with Crippen LogP contribution in [0.15, 0.2) is 0 Å². The van der Waals surface area contributed by atoms with Gasteiger partial charge >= 0.3 is 0 Å². The van der Waals surface area contributed by atoms with Gasteiger partial charge in [0.05, 0.1) is 0 Å². The van der Waals surface area contributed by atoms with Gasteiger partial charge in [0, 0.05) is 25.2 Å². The molecule has 3 rings (SSSR count). The minimum absolute atomic E-state index is 0.926. The summed E-state index contributed by atoms with van der Waals surface area (Å²) in [5.41, 5.74) is 0. The van der Waals surface area contributed by atoms with Crippen LogP contribution in [0.4, 0.5) is 0 Å². The predicted molar refractivity (Wildman–Crippen MR) is 53.7 cm³/mol. The summed E-state index contributed by atoms with van der Waals surface area (Å²) in [4.78, 5) is 5.33. The maximum absolute atomic E-state index is 2.82. The van der Waals surface area contributed by atoms with Crippen molar-refractivity contribution in [2.24, 2.45) is 5.92 Å². The Morgan fingerprint density at radius 2 is 1.92 bits per heavy atom. The highest BCUT2D eigenvalue weighted by molar-refractivity contribution is 4.99. The highest BCUT2D eigenvalue weighted by Gasteiger charge is 2.43. The van der Waals surface area contributed by atoms with Crippen molar-refractivity contribution in [2.75, 3.05) is 26.7 Å². The molecule has 2 unspecified atom stereocenters. The van der Waals surface area contributed by atoms with Crippen LogP contribution in [0.3, 0.4) is 0 Å². The molecule has 2 aliphatic heterocycles. The molecule has 0 N–H and O–H groups in total. The molecule has 0 amide bonds. The number of hydrogen-bond donors (Lipinski definition) is 0. The van der Waals surface area contributed by atoms with Crippen LogP contribution in [0.25, 0.3) is 0 Å². The van der Waals surface area contributed by atoms with E-state index in [1.807, 2.05) is 0 Å². The molecular weight excluding hydrogens is 160 g/mol. The van der Waals surface area contributed by atoms with Gasteiger partial charge in [-0.25, -0.2) is 0 Å². The average molecular weight is 180 g/mol. The first kappa shape index (κ1) is 8.25. The highest BCUT2D eigenvalue weighted by atomic mass is 15.3. The zero-order valence-corrected chi connectivity index (χ0v) is 8.58. The van der Waals surface area contributed by atoms with E-state index in [9.17, 15) is 0 Å². The normalized spacial score (nSPS) is 42.2. The summed E-state index contributed by atoms with van der Waals surface area (Å²) >= 11 is 0. The molecule has 3 fully saturated rings. The van der Waals surface area contributed by atoms with Crippen molar-refractivity contribution < 1.29 is 0 Å². The van der Waals surface area contributed by atoms with Crippen molar-refractivity contribution in [2.45, 2.75) is 37.8 Å². The largest absolute Gasteiger partial charge is 0.304 e. The van der Waals surface area contributed by atoms with Crippen molar-refractivity contribution in [1.29, 1.82) is 0 Å². The molecule has 2 heterocycles. The Morgan fingerprint density at radius 3 is 2.62 bits per heavy atom. The summed E-state index contributed by atoms with van der Waals surface area (Å²) in [5, 5.41) is 0. The summed E-state index contributed by atoms with van der Waals surface area (Å²) in [6.07, 6.45) is 5.90. The third-order valence-corrected chi connectivity index (χ3v) is 4.32. The van der Waals surface area contributed by atoms with Gasteiger partial charge in [0.1, 0.15) is 0 Å². The summed E-state index contributed by atoms with van der Waals surface area (Å²) < 4.78 is 0. The maximum atomic E-state index is 2.82. The van der Waals surface area contributed by atoms with E-state index in [4.69, 9.17) is 0 Å². The minimum atomic E-state index is 0.926. The molecule has 0 aromatic rings. The smallest absolute Gasteiger partial charge is 0.0266 e. The molecule has 0 bridgehead atoms. The number of hydrogen-bond acceptors (Lipinski definition) is 2. The second-order valence-electron chi connectivity index (χ2n) is 5.16. The highest BCUT2D eigenvalue weighted by Crippen LogP contribution is 2.37. The minimum Gasteiger partial charge on any atom is -0.304 e. The molecule has 1 aliphatic carbocycles. The van der Waals surface area contributed by atoms with Gasteiger partial charge in [0.15, 0.2) is 0 Å². The van der Waals surface area contributed by atoms with Crippen molar-refractivity contribution in [3.05, 3.63) is 0 Å². The molecule has 0 aromatic carbocycles. The summed E-state index contributed by atoms with van der Waals surface area (Å²) in [7, 11) is 2.28. The van der Waals surface area contributed by atoms with Gasteiger partial charge in [0.2, 0.25) is 0 Å². The first-order chi connectivity index (χ1) is 6.34. The SMILES string of the molecule is CN1CC2CCN(C3CCC3)C2C1.